The molecule has 1 aromatic carbocycles. The summed E-state index contributed by atoms with van der Waals surface area (Å²) in [7, 11) is 0. The molecule has 0 unspecified atom stereocenters. The van der Waals surface area contributed by atoms with E-state index in [4.69, 9.17) is 4.74 Å². The van der Waals surface area contributed by atoms with Crippen molar-refractivity contribution < 1.29 is 13.9 Å². The van der Waals surface area contributed by atoms with Gasteiger partial charge < -0.3 is 4.74 Å². The first-order valence-corrected chi connectivity index (χ1v) is 5.46. The molecule has 0 atom stereocenters. The molecule has 88 valence electrons. The third kappa shape index (κ3) is 4.53. The van der Waals surface area contributed by atoms with Crippen molar-refractivity contribution in [2.24, 2.45) is 5.92 Å². The number of Topliss-reactive ketones (excluding diaryl/α,β-unsaturated/α-hetero) is 1. The van der Waals surface area contributed by atoms with Gasteiger partial charge in [0.2, 0.25) is 0 Å². The van der Waals surface area contributed by atoms with Crippen LogP contribution in [-0.4, -0.2) is 19.0 Å². The lowest BCUT2D eigenvalue weighted by atomic mass is 10.1. The summed E-state index contributed by atoms with van der Waals surface area (Å²) in [6.45, 7) is 4.78. The van der Waals surface area contributed by atoms with Crippen LogP contribution in [0.2, 0.25) is 0 Å². The summed E-state index contributed by atoms with van der Waals surface area (Å²) < 4.78 is 18.1. The monoisotopic (exact) mass is 224 g/mol. The van der Waals surface area contributed by atoms with E-state index in [1.807, 2.05) is 0 Å². The van der Waals surface area contributed by atoms with Crippen LogP contribution in [0, 0.1) is 11.7 Å². The van der Waals surface area contributed by atoms with E-state index < -0.39 is 5.82 Å². The normalized spacial score (nSPS) is 10.8. The zero-order chi connectivity index (χ0) is 12.0. The van der Waals surface area contributed by atoms with Gasteiger partial charge in [0.15, 0.2) is 5.78 Å². The Kier molecular flexibility index (Phi) is 5.12. The predicted molar refractivity (Wildman–Crippen MR) is 61.0 cm³/mol. The fourth-order valence-electron chi connectivity index (χ4n) is 1.23. The number of hydrogen-bond donors (Lipinski definition) is 0. The highest BCUT2D eigenvalue weighted by atomic mass is 19.1. The highest BCUT2D eigenvalue weighted by Crippen LogP contribution is 2.05. The second-order valence-corrected chi connectivity index (χ2v) is 4.17. The van der Waals surface area contributed by atoms with Crippen molar-refractivity contribution in [1.82, 2.24) is 0 Å². The van der Waals surface area contributed by atoms with Crippen molar-refractivity contribution in [2.45, 2.75) is 20.3 Å². The lowest BCUT2D eigenvalue weighted by Gasteiger charge is -2.05. The van der Waals surface area contributed by atoms with E-state index in [0.717, 1.165) is 6.42 Å². The first-order valence-electron chi connectivity index (χ1n) is 5.46. The van der Waals surface area contributed by atoms with Crippen LogP contribution >= 0.6 is 0 Å². The molecule has 0 radical (unpaired) electrons. The average Bonchev–Trinajstić information content (AvgIpc) is 2.24. The Hall–Kier alpha value is -1.22. The molecule has 0 bridgehead atoms. The molecule has 0 aliphatic rings. The Morgan fingerprint density at radius 2 is 2.19 bits per heavy atom. The largest absolute Gasteiger partial charge is 0.373 e. The second kappa shape index (κ2) is 6.38. The summed E-state index contributed by atoms with van der Waals surface area (Å²) in [6.07, 6.45) is 0.927. The Morgan fingerprint density at radius 1 is 1.44 bits per heavy atom. The van der Waals surface area contributed by atoms with Crippen LogP contribution in [0.5, 0.6) is 0 Å². The minimum atomic E-state index is -0.395. The molecular weight excluding hydrogens is 207 g/mol. The van der Waals surface area contributed by atoms with Crippen molar-refractivity contribution >= 4 is 5.78 Å². The van der Waals surface area contributed by atoms with Gasteiger partial charge >= 0.3 is 0 Å². The van der Waals surface area contributed by atoms with E-state index in [2.05, 4.69) is 13.8 Å². The number of halogens is 1. The number of hydrogen-bond acceptors (Lipinski definition) is 2. The Bertz CT molecular complexity index is 348. The molecule has 0 spiro atoms. The van der Waals surface area contributed by atoms with Gasteiger partial charge in [-0.15, -0.1) is 0 Å². The van der Waals surface area contributed by atoms with Gasteiger partial charge in [-0.2, -0.15) is 0 Å². The van der Waals surface area contributed by atoms with Crippen LogP contribution < -0.4 is 0 Å². The molecule has 0 heterocycles. The molecule has 0 fully saturated rings. The summed E-state index contributed by atoms with van der Waals surface area (Å²) in [4.78, 5) is 11.5. The summed E-state index contributed by atoms with van der Waals surface area (Å²) in [5.41, 5.74) is 0.365. The second-order valence-electron chi connectivity index (χ2n) is 4.17. The van der Waals surface area contributed by atoms with Crippen molar-refractivity contribution in [2.75, 3.05) is 13.2 Å². The van der Waals surface area contributed by atoms with Crippen molar-refractivity contribution in [1.29, 1.82) is 0 Å². The fraction of sp³-hybridized carbons (Fsp3) is 0.462. The molecule has 0 saturated carbocycles. The third-order valence-electron chi connectivity index (χ3n) is 2.22. The Labute approximate surface area is 95.4 Å². The number of benzene rings is 1. The van der Waals surface area contributed by atoms with Gasteiger partial charge in [0.25, 0.3) is 0 Å². The van der Waals surface area contributed by atoms with Crippen LogP contribution in [0.1, 0.15) is 30.6 Å². The molecule has 0 amide bonds. The zero-order valence-electron chi connectivity index (χ0n) is 9.70. The molecule has 1 rings (SSSR count). The number of ether oxygens (including phenoxy) is 1. The Morgan fingerprint density at radius 3 is 2.81 bits per heavy atom. The summed E-state index contributed by atoms with van der Waals surface area (Å²) in [5, 5.41) is 0. The van der Waals surface area contributed by atoms with Crippen molar-refractivity contribution in [3.8, 4) is 0 Å². The van der Waals surface area contributed by atoms with Gasteiger partial charge in [-0.1, -0.05) is 26.0 Å². The molecule has 0 aliphatic carbocycles. The minimum Gasteiger partial charge on any atom is -0.373 e. The standard InChI is InChI=1S/C13H17FO2/c1-10(2)6-7-16-9-13(15)11-4-3-5-12(14)8-11/h3-5,8,10H,6-7,9H2,1-2H3. The molecule has 1 aromatic rings. The van der Waals surface area contributed by atoms with Gasteiger partial charge in [-0.25, -0.2) is 4.39 Å². The third-order valence-corrected chi connectivity index (χ3v) is 2.22. The lowest BCUT2D eigenvalue weighted by molar-refractivity contribution is 0.0739. The number of carbonyl (C=O) groups excluding carboxylic acids is 1. The molecule has 0 N–H and O–H groups in total. The molecule has 16 heavy (non-hydrogen) atoms. The molecule has 0 aliphatic heterocycles. The van der Waals surface area contributed by atoms with E-state index in [0.29, 0.717) is 18.1 Å². The van der Waals surface area contributed by atoms with Crippen molar-refractivity contribution in [3.63, 3.8) is 0 Å². The van der Waals surface area contributed by atoms with Crippen LogP contribution in [0.15, 0.2) is 24.3 Å². The number of rotatable bonds is 6. The molecule has 0 aromatic heterocycles. The average molecular weight is 224 g/mol. The summed E-state index contributed by atoms with van der Waals surface area (Å²) in [5.74, 6) is -0.0134. The SMILES string of the molecule is CC(C)CCOCC(=O)c1cccc(F)c1. The predicted octanol–water partition coefficient (Wildman–Crippen LogP) is 3.07. The highest BCUT2D eigenvalue weighted by molar-refractivity contribution is 5.97. The maximum atomic E-state index is 12.8. The first-order chi connectivity index (χ1) is 7.59. The number of ketones is 1. The van der Waals surface area contributed by atoms with Crippen molar-refractivity contribution in [3.05, 3.63) is 35.6 Å². The Balaban J connectivity index is 2.35. The highest BCUT2D eigenvalue weighted by Gasteiger charge is 2.06. The maximum absolute atomic E-state index is 12.8. The van der Waals surface area contributed by atoms with Crippen LogP contribution in [0.3, 0.4) is 0 Å². The van der Waals surface area contributed by atoms with Gasteiger partial charge in [-0.3, -0.25) is 4.79 Å². The van der Waals surface area contributed by atoms with Gasteiger partial charge in [0.05, 0.1) is 0 Å². The van der Waals surface area contributed by atoms with Gasteiger partial charge in [-0.05, 0) is 24.5 Å². The van der Waals surface area contributed by atoms with E-state index in [-0.39, 0.29) is 12.4 Å². The van der Waals surface area contributed by atoms with Crippen LogP contribution in [-0.2, 0) is 4.74 Å². The van der Waals surface area contributed by atoms with Crippen LogP contribution in [0.4, 0.5) is 4.39 Å². The number of carbonyl (C=O) groups is 1. The van der Waals surface area contributed by atoms with E-state index in [1.165, 1.54) is 18.2 Å². The van der Waals surface area contributed by atoms with E-state index in [1.54, 1.807) is 6.07 Å². The fourth-order valence-corrected chi connectivity index (χ4v) is 1.23. The zero-order valence-corrected chi connectivity index (χ0v) is 9.70. The molecule has 3 heteroatoms. The molecule has 0 saturated heterocycles. The van der Waals surface area contributed by atoms with Gasteiger partial charge in [0.1, 0.15) is 12.4 Å². The van der Waals surface area contributed by atoms with E-state index in [9.17, 15) is 9.18 Å². The van der Waals surface area contributed by atoms with Gasteiger partial charge in [0, 0.05) is 12.2 Å². The minimum absolute atomic E-state index is 0.0240. The summed E-state index contributed by atoms with van der Waals surface area (Å²) >= 11 is 0. The topological polar surface area (TPSA) is 26.3 Å². The quantitative estimate of drug-likeness (QED) is 0.548. The summed E-state index contributed by atoms with van der Waals surface area (Å²) in [6, 6.07) is 5.67. The van der Waals surface area contributed by atoms with Crippen LogP contribution in [0.25, 0.3) is 0 Å². The van der Waals surface area contributed by atoms with E-state index >= 15 is 0 Å². The smallest absolute Gasteiger partial charge is 0.188 e. The lowest BCUT2D eigenvalue weighted by Crippen LogP contribution is -2.11. The maximum Gasteiger partial charge on any atom is 0.188 e. The molecular formula is C13H17FO2. The first kappa shape index (κ1) is 12.8. The molecule has 2 nitrogen and oxygen atoms in total.